The van der Waals surface area contributed by atoms with E-state index < -0.39 is 0 Å². The van der Waals surface area contributed by atoms with Crippen molar-refractivity contribution in [2.45, 2.75) is 19.8 Å². The van der Waals surface area contributed by atoms with Gasteiger partial charge in [0.1, 0.15) is 0 Å². The maximum absolute atomic E-state index is 5.03. The van der Waals surface area contributed by atoms with E-state index in [2.05, 4.69) is 106 Å². The first-order valence-corrected chi connectivity index (χ1v) is 13.5. The molecule has 0 aliphatic carbocycles. The molecule has 0 amide bonds. The van der Waals surface area contributed by atoms with E-state index in [0.717, 1.165) is 61.4 Å². The third-order valence-corrected chi connectivity index (χ3v) is 7.37. The van der Waals surface area contributed by atoms with Crippen molar-refractivity contribution in [1.29, 1.82) is 0 Å². The van der Waals surface area contributed by atoms with Gasteiger partial charge in [-0.1, -0.05) is 62.4 Å². The van der Waals surface area contributed by atoms with E-state index in [0.29, 0.717) is 5.92 Å². The summed E-state index contributed by atoms with van der Waals surface area (Å²) in [4.78, 5) is 19.0. The number of hydrogen-bond acceptors (Lipinski definition) is 4. The van der Waals surface area contributed by atoms with E-state index in [1.165, 1.54) is 5.56 Å². The first kappa shape index (κ1) is 23.9. The molecule has 7 aromatic rings. The average Bonchev–Trinajstić information content (AvgIpc) is 3.36. The lowest BCUT2D eigenvalue weighted by Gasteiger charge is -2.13. The third kappa shape index (κ3) is 4.22. The molecule has 5 heteroatoms. The van der Waals surface area contributed by atoms with Gasteiger partial charge in [-0.05, 0) is 65.6 Å². The SMILES string of the molecule is CC(C)c1ccc(-c2cc(-c3cncc(-n4c5ccccc5c5ncccc54)c3)cc(-c3ccccn3)n2)cc1. The van der Waals surface area contributed by atoms with Gasteiger partial charge in [0.05, 0.1) is 45.5 Å². The molecule has 5 aromatic heterocycles. The second-order valence-electron chi connectivity index (χ2n) is 10.3. The minimum Gasteiger partial charge on any atom is -0.306 e. The molecule has 0 unspecified atom stereocenters. The molecule has 5 nitrogen and oxygen atoms in total. The zero-order valence-electron chi connectivity index (χ0n) is 22.4. The minimum absolute atomic E-state index is 0.474. The van der Waals surface area contributed by atoms with Crippen LogP contribution < -0.4 is 0 Å². The lowest BCUT2D eigenvalue weighted by atomic mass is 9.98. The Morgan fingerprint density at radius 1 is 0.600 bits per heavy atom. The number of hydrogen-bond donors (Lipinski definition) is 0. The van der Waals surface area contributed by atoms with Crippen molar-refractivity contribution in [3.8, 4) is 39.5 Å². The first-order valence-electron chi connectivity index (χ1n) is 13.5. The van der Waals surface area contributed by atoms with Crippen LogP contribution in [0.5, 0.6) is 0 Å². The Bertz CT molecular complexity index is 1920. The third-order valence-electron chi connectivity index (χ3n) is 7.37. The van der Waals surface area contributed by atoms with Gasteiger partial charge in [0.15, 0.2) is 0 Å². The number of fused-ring (bicyclic) bond motifs is 3. The van der Waals surface area contributed by atoms with Gasteiger partial charge in [0.25, 0.3) is 0 Å². The Kier molecular flexibility index (Phi) is 5.90. The molecule has 0 aliphatic rings. The summed E-state index contributed by atoms with van der Waals surface area (Å²) in [6.07, 6.45) is 7.48. The number of pyridine rings is 4. The summed E-state index contributed by atoms with van der Waals surface area (Å²) < 4.78 is 2.24. The number of para-hydroxylation sites is 1. The molecule has 40 heavy (non-hydrogen) atoms. The van der Waals surface area contributed by atoms with Crippen LogP contribution in [0.15, 0.2) is 122 Å². The molecule has 0 saturated carbocycles. The van der Waals surface area contributed by atoms with Crippen LogP contribution in [0, 0.1) is 0 Å². The van der Waals surface area contributed by atoms with Crippen molar-refractivity contribution in [2.24, 2.45) is 0 Å². The monoisotopic (exact) mass is 517 g/mol. The van der Waals surface area contributed by atoms with Gasteiger partial charge in [-0.15, -0.1) is 0 Å². The molecule has 0 atom stereocenters. The summed E-state index contributed by atoms with van der Waals surface area (Å²) in [5.41, 5.74) is 11.1. The number of nitrogens with zero attached hydrogens (tertiary/aromatic N) is 5. The van der Waals surface area contributed by atoms with Crippen molar-refractivity contribution in [1.82, 2.24) is 24.5 Å². The fourth-order valence-electron chi connectivity index (χ4n) is 5.30. The van der Waals surface area contributed by atoms with Crippen LogP contribution in [-0.4, -0.2) is 24.5 Å². The topological polar surface area (TPSA) is 56.5 Å². The minimum atomic E-state index is 0.474. The smallest absolute Gasteiger partial charge is 0.0963 e. The normalized spacial score (nSPS) is 11.5. The second kappa shape index (κ2) is 9.86. The molecule has 0 fully saturated rings. The quantitative estimate of drug-likeness (QED) is 0.230. The highest BCUT2D eigenvalue weighted by Gasteiger charge is 2.15. The number of aromatic nitrogens is 5. The molecule has 0 aliphatic heterocycles. The van der Waals surface area contributed by atoms with Gasteiger partial charge >= 0.3 is 0 Å². The van der Waals surface area contributed by atoms with Gasteiger partial charge in [-0.2, -0.15) is 0 Å². The molecule has 2 aromatic carbocycles. The number of benzene rings is 2. The molecule has 0 radical (unpaired) electrons. The van der Waals surface area contributed by atoms with Crippen molar-refractivity contribution in [2.75, 3.05) is 0 Å². The van der Waals surface area contributed by atoms with Gasteiger partial charge in [0, 0.05) is 35.1 Å². The van der Waals surface area contributed by atoms with Gasteiger partial charge in [-0.3, -0.25) is 15.0 Å². The predicted octanol–water partition coefficient (Wildman–Crippen LogP) is 8.49. The van der Waals surface area contributed by atoms with Gasteiger partial charge in [0.2, 0.25) is 0 Å². The lowest BCUT2D eigenvalue weighted by molar-refractivity contribution is 0.867. The van der Waals surface area contributed by atoms with Crippen LogP contribution in [0.4, 0.5) is 0 Å². The fraction of sp³-hybridized carbons (Fsp3) is 0.0857. The Morgan fingerprint density at radius 2 is 1.38 bits per heavy atom. The zero-order chi connectivity index (χ0) is 27.1. The van der Waals surface area contributed by atoms with Crippen LogP contribution >= 0.6 is 0 Å². The van der Waals surface area contributed by atoms with E-state index in [4.69, 9.17) is 4.98 Å². The summed E-state index contributed by atoms with van der Waals surface area (Å²) in [6.45, 7) is 4.42. The van der Waals surface area contributed by atoms with Crippen LogP contribution in [-0.2, 0) is 0 Å². The summed E-state index contributed by atoms with van der Waals surface area (Å²) >= 11 is 0. The van der Waals surface area contributed by atoms with Crippen molar-refractivity contribution in [3.63, 3.8) is 0 Å². The van der Waals surface area contributed by atoms with Crippen LogP contribution in [0.2, 0.25) is 0 Å². The van der Waals surface area contributed by atoms with Crippen LogP contribution in [0.1, 0.15) is 25.3 Å². The molecule has 0 saturated heterocycles. The van der Waals surface area contributed by atoms with Crippen molar-refractivity contribution >= 4 is 21.9 Å². The molecule has 0 bridgehead atoms. The molecular formula is C35H27N5. The molecule has 0 spiro atoms. The van der Waals surface area contributed by atoms with E-state index >= 15 is 0 Å². The molecule has 5 heterocycles. The maximum Gasteiger partial charge on any atom is 0.0963 e. The molecule has 0 N–H and O–H groups in total. The predicted molar refractivity (Wildman–Crippen MR) is 162 cm³/mol. The van der Waals surface area contributed by atoms with E-state index in [1.54, 1.807) is 6.20 Å². The summed E-state index contributed by atoms with van der Waals surface area (Å²) in [7, 11) is 0. The van der Waals surface area contributed by atoms with Gasteiger partial charge < -0.3 is 4.57 Å². The average molecular weight is 518 g/mol. The van der Waals surface area contributed by atoms with E-state index in [1.807, 2.05) is 42.9 Å². The molecule has 192 valence electrons. The van der Waals surface area contributed by atoms with Crippen molar-refractivity contribution in [3.05, 3.63) is 127 Å². The highest BCUT2D eigenvalue weighted by Crippen LogP contribution is 2.34. The second-order valence-corrected chi connectivity index (χ2v) is 10.3. The van der Waals surface area contributed by atoms with Crippen molar-refractivity contribution < 1.29 is 0 Å². The maximum atomic E-state index is 5.03. The summed E-state index contributed by atoms with van der Waals surface area (Å²) in [5, 5.41) is 1.12. The highest BCUT2D eigenvalue weighted by atomic mass is 15.0. The van der Waals surface area contributed by atoms with Gasteiger partial charge in [-0.25, -0.2) is 4.98 Å². The van der Waals surface area contributed by atoms with Crippen LogP contribution in [0.3, 0.4) is 0 Å². The zero-order valence-corrected chi connectivity index (χ0v) is 22.4. The molecule has 7 rings (SSSR count). The van der Waals surface area contributed by atoms with E-state index in [-0.39, 0.29) is 0 Å². The summed E-state index contributed by atoms with van der Waals surface area (Å²) in [5.74, 6) is 0.474. The largest absolute Gasteiger partial charge is 0.306 e. The first-order chi connectivity index (χ1) is 19.7. The fourth-order valence-corrected chi connectivity index (χ4v) is 5.30. The standard InChI is InChI=1S/C35H27N5/c1-23(2)24-12-14-25(15-13-24)31-19-26(20-32(39-31)30-9-5-6-16-37-30)27-18-28(22-36-21-27)40-33-10-4-3-8-29(33)35-34(40)11-7-17-38-35/h3-23H,1-2H3. The molecular weight excluding hydrogens is 490 g/mol. The van der Waals surface area contributed by atoms with Crippen LogP contribution in [0.25, 0.3) is 61.4 Å². The summed E-state index contributed by atoms with van der Waals surface area (Å²) in [6, 6.07) is 33.5. The Balaban J connectivity index is 1.41. The number of rotatable bonds is 5. The Labute approximate surface area is 232 Å². The lowest BCUT2D eigenvalue weighted by Crippen LogP contribution is -1.97. The Hall–Kier alpha value is -5.16. The Morgan fingerprint density at radius 3 is 2.20 bits per heavy atom. The van der Waals surface area contributed by atoms with E-state index in [9.17, 15) is 0 Å². The highest BCUT2D eigenvalue weighted by molar-refractivity contribution is 6.06.